The zero-order chi connectivity index (χ0) is 14.4. The van der Waals surface area contributed by atoms with Crippen LogP contribution in [-0.4, -0.2) is 42.5 Å². The minimum Gasteiger partial charge on any atom is -0.352 e. The number of nitrogens with one attached hydrogen (secondary N) is 1. The van der Waals surface area contributed by atoms with Gasteiger partial charge in [0, 0.05) is 19.6 Å². The molecule has 5 N–H and O–H groups in total. The van der Waals surface area contributed by atoms with Crippen molar-refractivity contribution in [2.75, 3.05) is 19.6 Å². The van der Waals surface area contributed by atoms with Crippen molar-refractivity contribution >= 4 is 11.9 Å². The summed E-state index contributed by atoms with van der Waals surface area (Å²) in [4.78, 5) is 24.7. The van der Waals surface area contributed by atoms with E-state index in [0.717, 1.165) is 19.4 Å². The SMILES string of the molecule is CC(C)C[C@@H](N)C(=O)N1CCCC(CNC(N)=O)C1. The molecule has 3 amide bonds. The van der Waals surface area contributed by atoms with E-state index in [1.54, 1.807) is 0 Å². The maximum Gasteiger partial charge on any atom is 0.312 e. The number of carbonyl (C=O) groups is 2. The second kappa shape index (κ2) is 7.33. The number of urea groups is 1. The first kappa shape index (κ1) is 15.8. The van der Waals surface area contributed by atoms with E-state index in [2.05, 4.69) is 19.2 Å². The van der Waals surface area contributed by atoms with Crippen LogP contribution in [0, 0.1) is 11.8 Å². The number of rotatable bonds is 5. The van der Waals surface area contributed by atoms with Gasteiger partial charge in [0.05, 0.1) is 6.04 Å². The molecule has 0 spiro atoms. The highest BCUT2D eigenvalue weighted by molar-refractivity contribution is 5.81. The first-order valence-corrected chi connectivity index (χ1v) is 6.97. The first-order chi connectivity index (χ1) is 8.90. The van der Waals surface area contributed by atoms with Crippen LogP contribution in [0.1, 0.15) is 33.1 Å². The molecule has 0 bridgehead atoms. The van der Waals surface area contributed by atoms with Crippen molar-refractivity contribution < 1.29 is 9.59 Å². The fraction of sp³-hybridized carbons (Fsp3) is 0.846. The molecule has 1 aliphatic rings. The zero-order valence-corrected chi connectivity index (χ0v) is 11.9. The molecule has 0 radical (unpaired) electrons. The van der Waals surface area contributed by atoms with E-state index >= 15 is 0 Å². The molecule has 1 rings (SSSR count). The molecule has 6 nitrogen and oxygen atoms in total. The molecule has 1 saturated heterocycles. The molecule has 1 heterocycles. The number of hydrogen-bond donors (Lipinski definition) is 3. The lowest BCUT2D eigenvalue weighted by Crippen LogP contribution is -2.50. The number of carbonyl (C=O) groups excluding carboxylic acids is 2. The third-order valence-electron chi connectivity index (χ3n) is 3.44. The molecule has 1 aliphatic heterocycles. The van der Waals surface area contributed by atoms with Crippen LogP contribution in [0.5, 0.6) is 0 Å². The summed E-state index contributed by atoms with van der Waals surface area (Å²) in [6.07, 6.45) is 2.66. The molecule has 6 heteroatoms. The highest BCUT2D eigenvalue weighted by atomic mass is 16.2. The molecule has 2 atom stereocenters. The van der Waals surface area contributed by atoms with Crippen molar-refractivity contribution in [2.24, 2.45) is 23.3 Å². The fourth-order valence-corrected chi connectivity index (χ4v) is 2.52. The predicted octanol–water partition coefficient (Wildman–Crippen LogP) is 0.267. The summed E-state index contributed by atoms with van der Waals surface area (Å²) in [5, 5.41) is 2.61. The summed E-state index contributed by atoms with van der Waals surface area (Å²) < 4.78 is 0. The Kier molecular flexibility index (Phi) is 6.08. The number of likely N-dealkylation sites (tertiary alicyclic amines) is 1. The molecule has 0 aromatic carbocycles. The van der Waals surface area contributed by atoms with Crippen LogP contribution in [-0.2, 0) is 4.79 Å². The lowest BCUT2D eigenvalue weighted by Gasteiger charge is -2.34. The van der Waals surface area contributed by atoms with Gasteiger partial charge < -0.3 is 21.7 Å². The van der Waals surface area contributed by atoms with Crippen LogP contribution >= 0.6 is 0 Å². The summed E-state index contributed by atoms with van der Waals surface area (Å²) in [6.45, 7) is 6.06. The second-order valence-electron chi connectivity index (χ2n) is 5.77. The smallest absolute Gasteiger partial charge is 0.312 e. The largest absolute Gasteiger partial charge is 0.352 e. The molecule has 0 aromatic heterocycles. The third kappa shape index (κ3) is 5.46. The monoisotopic (exact) mass is 270 g/mol. The molecule has 0 aromatic rings. The Balaban J connectivity index is 2.44. The van der Waals surface area contributed by atoms with Crippen LogP contribution in [0.4, 0.5) is 4.79 Å². The second-order valence-corrected chi connectivity index (χ2v) is 5.77. The van der Waals surface area contributed by atoms with Crippen molar-refractivity contribution in [2.45, 2.75) is 39.2 Å². The minimum absolute atomic E-state index is 0.0254. The van der Waals surface area contributed by atoms with E-state index < -0.39 is 12.1 Å². The van der Waals surface area contributed by atoms with Gasteiger partial charge in [0.2, 0.25) is 5.91 Å². The molecule has 0 aliphatic carbocycles. The summed E-state index contributed by atoms with van der Waals surface area (Å²) in [5.74, 6) is 0.713. The molecule has 1 unspecified atom stereocenters. The molecular formula is C13H26N4O2. The molecule has 0 saturated carbocycles. The number of primary amides is 1. The molecule has 19 heavy (non-hydrogen) atoms. The van der Waals surface area contributed by atoms with Crippen molar-refractivity contribution in [1.82, 2.24) is 10.2 Å². The Hall–Kier alpha value is -1.30. The average molecular weight is 270 g/mol. The summed E-state index contributed by atoms with van der Waals surface area (Å²) in [7, 11) is 0. The number of piperidine rings is 1. The Bertz CT molecular complexity index is 320. The summed E-state index contributed by atoms with van der Waals surface area (Å²) >= 11 is 0. The van der Waals surface area contributed by atoms with Crippen LogP contribution in [0.15, 0.2) is 0 Å². The van der Waals surface area contributed by atoms with Crippen LogP contribution in [0.2, 0.25) is 0 Å². The van der Waals surface area contributed by atoms with Gasteiger partial charge in [-0.2, -0.15) is 0 Å². The van der Waals surface area contributed by atoms with E-state index in [4.69, 9.17) is 11.5 Å². The van der Waals surface area contributed by atoms with Gasteiger partial charge in [-0.25, -0.2) is 4.79 Å². The van der Waals surface area contributed by atoms with E-state index in [9.17, 15) is 9.59 Å². The Morgan fingerprint density at radius 3 is 2.68 bits per heavy atom. The lowest BCUT2D eigenvalue weighted by molar-refractivity contribution is -0.134. The van der Waals surface area contributed by atoms with Gasteiger partial charge in [-0.3, -0.25) is 4.79 Å². The molecule has 110 valence electrons. The quantitative estimate of drug-likeness (QED) is 0.668. The number of hydrogen-bond acceptors (Lipinski definition) is 3. The van der Waals surface area contributed by atoms with Crippen LogP contribution < -0.4 is 16.8 Å². The fourth-order valence-electron chi connectivity index (χ4n) is 2.52. The Labute approximate surface area is 114 Å². The average Bonchev–Trinajstić information content (AvgIpc) is 2.35. The number of nitrogens with zero attached hydrogens (tertiary/aromatic N) is 1. The molecular weight excluding hydrogens is 244 g/mol. The first-order valence-electron chi connectivity index (χ1n) is 6.97. The van der Waals surface area contributed by atoms with Gasteiger partial charge in [0.15, 0.2) is 0 Å². The van der Waals surface area contributed by atoms with Crippen molar-refractivity contribution in [3.8, 4) is 0 Å². The predicted molar refractivity (Wildman–Crippen MR) is 74.3 cm³/mol. The maximum absolute atomic E-state index is 12.2. The van der Waals surface area contributed by atoms with Crippen molar-refractivity contribution in [3.63, 3.8) is 0 Å². The highest BCUT2D eigenvalue weighted by Crippen LogP contribution is 2.17. The Morgan fingerprint density at radius 1 is 1.42 bits per heavy atom. The molecule has 1 fully saturated rings. The van der Waals surface area contributed by atoms with Crippen LogP contribution in [0.25, 0.3) is 0 Å². The van der Waals surface area contributed by atoms with E-state index in [1.807, 2.05) is 4.90 Å². The van der Waals surface area contributed by atoms with E-state index in [1.165, 1.54) is 0 Å². The minimum atomic E-state index is -0.514. The van der Waals surface area contributed by atoms with Crippen molar-refractivity contribution in [3.05, 3.63) is 0 Å². The number of amides is 3. The van der Waals surface area contributed by atoms with Gasteiger partial charge in [-0.1, -0.05) is 13.8 Å². The zero-order valence-electron chi connectivity index (χ0n) is 11.9. The maximum atomic E-state index is 12.2. The van der Waals surface area contributed by atoms with Gasteiger partial charge >= 0.3 is 6.03 Å². The lowest BCUT2D eigenvalue weighted by atomic mass is 9.96. The Morgan fingerprint density at radius 2 is 2.11 bits per heavy atom. The van der Waals surface area contributed by atoms with Crippen LogP contribution in [0.3, 0.4) is 0 Å². The highest BCUT2D eigenvalue weighted by Gasteiger charge is 2.27. The summed E-state index contributed by atoms with van der Waals surface area (Å²) in [6, 6.07) is -0.928. The van der Waals surface area contributed by atoms with Crippen molar-refractivity contribution in [1.29, 1.82) is 0 Å². The van der Waals surface area contributed by atoms with E-state index in [0.29, 0.717) is 25.4 Å². The van der Waals surface area contributed by atoms with Gasteiger partial charge in [-0.05, 0) is 31.1 Å². The normalized spacial score (nSPS) is 21.3. The van der Waals surface area contributed by atoms with Gasteiger partial charge in [0.25, 0.3) is 0 Å². The number of nitrogens with two attached hydrogens (primary N) is 2. The van der Waals surface area contributed by atoms with E-state index in [-0.39, 0.29) is 11.8 Å². The van der Waals surface area contributed by atoms with Gasteiger partial charge in [0.1, 0.15) is 0 Å². The standard InChI is InChI=1S/C13H26N4O2/c1-9(2)6-11(14)12(18)17-5-3-4-10(8-17)7-16-13(15)19/h9-11H,3-8,14H2,1-2H3,(H3,15,16,19)/t10?,11-/m1/s1. The summed E-state index contributed by atoms with van der Waals surface area (Å²) in [5.41, 5.74) is 11.0. The topological polar surface area (TPSA) is 101 Å². The third-order valence-corrected chi connectivity index (χ3v) is 3.44. The van der Waals surface area contributed by atoms with Gasteiger partial charge in [-0.15, -0.1) is 0 Å².